The Morgan fingerprint density at radius 2 is 2.10 bits per heavy atom. The second-order valence-corrected chi connectivity index (χ2v) is 7.22. The Balaban J connectivity index is 2.06. The largest absolute Gasteiger partial charge is 0.313 e. The number of hydrogen-bond acceptors (Lipinski definition) is 7. The summed E-state index contributed by atoms with van der Waals surface area (Å²) in [4.78, 5) is 4.00. The molecule has 0 aromatic carbocycles. The molecule has 0 bridgehead atoms. The third-order valence-corrected chi connectivity index (χ3v) is 4.71. The smallest absolute Gasteiger partial charge is 0.281 e. The van der Waals surface area contributed by atoms with Crippen LogP contribution in [-0.4, -0.2) is 30.1 Å². The lowest BCUT2D eigenvalue weighted by atomic mass is 10.3. The number of anilines is 1. The molecule has 2 rings (SSSR count). The zero-order valence-corrected chi connectivity index (χ0v) is 13.5. The van der Waals surface area contributed by atoms with E-state index in [9.17, 15) is 8.42 Å². The molecule has 0 aliphatic rings. The van der Waals surface area contributed by atoms with Crippen molar-refractivity contribution in [3.8, 4) is 0 Å². The van der Waals surface area contributed by atoms with E-state index in [0.717, 1.165) is 18.5 Å². The summed E-state index contributed by atoms with van der Waals surface area (Å²) in [6.07, 6.45) is 2.60. The van der Waals surface area contributed by atoms with E-state index in [0.29, 0.717) is 11.6 Å². The number of nitrogens with zero attached hydrogens (tertiary/aromatic N) is 3. The van der Waals surface area contributed by atoms with Crippen molar-refractivity contribution in [2.24, 2.45) is 0 Å². The van der Waals surface area contributed by atoms with E-state index in [1.54, 1.807) is 19.2 Å². The summed E-state index contributed by atoms with van der Waals surface area (Å²) in [7, 11) is -3.72. The molecule has 2 aromatic rings. The lowest BCUT2D eigenvalue weighted by Crippen LogP contribution is -2.16. The van der Waals surface area contributed by atoms with Crippen LogP contribution in [0.15, 0.2) is 23.4 Å². The van der Waals surface area contributed by atoms with Crippen LogP contribution in [0.5, 0.6) is 0 Å². The van der Waals surface area contributed by atoms with E-state index >= 15 is 0 Å². The summed E-state index contributed by atoms with van der Waals surface area (Å²) in [6.45, 7) is 5.43. The molecule has 2 aromatic heterocycles. The predicted octanol–water partition coefficient (Wildman–Crippen LogP) is 1.54. The highest BCUT2D eigenvalue weighted by Gasteiger charge is 2.17. The maximum atomic E-state index is 12.1. The summed E-state index contributed by atoms with van der Waals surface area (Å²) in [5, 5.41) is 11.6. The van der Waals surface area contributed by atoms with Crippen LogP contribution < -0.4 is 10.0 Å². The van der Waals surface area contributed by atoms with Gasteiger partial charge in [0.25, 0.3) is 10.0 Å². The molecule has 0 aliphatic heterocycles. The standard InChI is InChI=1S/C12H17N5O2S2/c1-3-6-13-7-10-4-5-11(14-8-10)21(18,19)17-12-16-15-9(2)20-12/h4-5,8,13H,3,6-7H2,1-2H3,(H,16,17). The van der Waals surface area contributed by atoms with E-state index in [-0.39, 0.29) is 10.2 Å². The van der Waals surface area contributed by atoms with Gasteiger partial charge in [-0.1, -0.05) is 24.3 Å². The van der Waals surface area contributed by atoms with Crippen molar-refractivity contribution in [1.82, 2.24) is 20.5 Å². The molecule has 21 heavy (non-hydrogen) atoms. The Kier molecular flexibility index (Phi) is 5.21. The zero-order valence-electron chi connectivity index (χ0n) is 11.8. The highest BCUT2D eigenvalue weighted by atomic mass is 32.2. The zero-order chi connectivity index (χ0) is 15.3. The number of sulfonamides is 1. The minimum absolute atomic E-state index is 0.0328. The fraction of sp³-hybridized carbons (Fsp3) is 0.417. The lowest BCUT2D eigenvalue weighted by Gasteiger charge is -2.06. The molecule has 0 saturated carbocycles. The van der Waals surface area contributed by atoms with Gasteiger partial charge in [0.05, 0.1) is 0 Å². The summed E-state index contributed by atoms with van der Waals surface area (Å²) in [5.41, 5.74) is 0.939. The molecule has 0 unspecified atom stereocenters. The SMILES string of the molecule is CCCNCc1ccc(S(=O)(=O)Nc2nnc(C)s2)nc1. The summed E-state index contributed by atoms with van der Waals surface area (Å²) in [5.74, 6) is 0. The van der Waals surface area contributed by atoms with Gasteiger partial charge in [0, 0.05) is 12.7 Å². The van der Waals surface area contributed by atoms with Crippen LogP contribution in [0.1, 0.15) is 23.9 Å². The van der Waals surface area contributed by atoms with E-state index in [1.165, 1.54) is 17.4 Å². The van der Waals surface area contributed by atoms with Crippen molar-refractivity contribution in [2.75, 3.05) is 11.3 Å². The molecule has 0 fully saturated rings. The van der Waals surface area contributed by atoms with Gasteiger partial charge in [-0.15, -0.1) is 10.2 Å². The van der Waals surface area contributed by atoms with Crippen LogP contribution in [0.3, 0.4) is 0 Å². The van der Waals surface area contributed by atoms with Crippen LogP contribution in [0.4, 0.5) is 5.13 Å². The second-order valence-electron chi connectivity index (χ2n) is 4.41. The van der Waals surface area contributed by atoms with Crippen molar-refractivity contribution >= 4 is 26.5 Å². The highest BCUT2D eigenvalue weighted by Crippen LogP contribution is 2.18. The van der Waals surface area contributed by atoms with Gasteiger partial charge in [-0.2, -0.15) is 8.42 Å². The Morgan fingerprint density at radius 1 is 1.29 bits per heavy atom. The van der Waals surface area contributed by atoms with Crippen molar-refractivity contribution in [3.63, 3.8) is 0 Å². The first kappa shape index (κ1) is 15.8. The Hall–Kier alpha value is -1.58. The van der Waals surface area contributed by atoms with Gasteiger partial charge in [-0.3, -0.25) is 4.72 Å². The second kappa shape index (κ2) is 6.92. The number of nitrogens with one attached hydrogen (secondary N) is 2. The molecule has 0 atom stereocenters. The van der Waals surface area contributed by atoms with Crippen molar-refractivity contribution in [3.05, 3.63) is 28.9 Å². The molecule has 2 heterocycles. The third-order valence-electron chi connectivity index (χ3n) is 2.58. The molecule has 7 nitrogen and oxygen atoms in total. The number of aromatic nitrogens is 3. The lowest BCUT2D eigenvalue weighted by molar-refractivity contribution is 0.597. The van der Waals surface area contributed by atoms with Crippen LogP contribution in [0.2, 0.25) is 0 Å². The molecule has 2 N–H and O–H groups in total. The minimum atomic E-state index is -3.72. The van der Waals surface area contributed by atoms with E-state index in [1.807, 2.05) is 0 Å². The first-order chi connectivity index (χ1) is 10.0. The van der Waals surface area contributed by atoms with Gasteiger partial charge in [0.15, 0.2) is 5.03 Å². The summed E-state index contributed by atoms with van der Waals surface area (Å²) >= 11 is 1.18. The van der Waals surface area contributed by atoms with Crippen LogP contribution in [0, 0.1) is 6.92 Å². The quantitative estimate of drug-likeness (QED) is 0.749. The Bertz CT molecular complexity index is 682. The highest BCUT2D eigenvalue weighted by molar-refractivity contribution is 7.92. The Morgan fingerprint density at radius 3 is 2.67 bits per heavy atom. The number of pyridine rings is 1. The van der Waals surface area contributed by atoms with E-state index < -0.39 is 10.0 Å². The average Bonchev–Trinajstić information content (AvgIpc) is 2.84. The summed E-state index contributed by atoms with van der Waals surface area (Å²) in [6, 6.07) is 3.23. The molecule has 0 saturated heterocycles. The fourth-order valence-electron chi connectivity index (χ4n) is 1.59. The number of hydrogen-bond donors (Lipinski definition) is 2. The molecule has 114 valence electrons. The molecule has 9 heteroatoms. The van der Waals surface area contributed by atoms with Crippen molar-refractivity contribution in [1.29, 1.82) is 0 Å². The molecule has 0 aliphatic carbocycles. The van der Waals surface area contributed by atoms with Gasteiger partial charge in [-0.25, -0.2) is 4.98 Å². The van der Waals surface area contributed by atoms with Gasteiger partial charge < -0.3 is 5.32 Å². The van der Waals surface area contributed by atoms with Gasteiger partial charge >= 0.3 is 0 Å². The monoisotopic (exact) mass is 327 g/mol. The normalized spacial score (nSPS) is 11.5. The molecule has 0 radical (unpaired) electrons. The molecule has 0 amide bonds. The maximum absolute atomic E-state index is 12.1. The number of rotatable bonds is 7. The fourth-order valence-corrected chi connectivity index (χ4v) is 3.34. The average molecular weight is 327 g/mol. The van der Waals surface area contributed by atoms with Gasteiger partial charge in [0.1, 0.15) is 5.01 Å². The van der Waals surface area contributed by atoms with Gasteiger partial charge in [0.2, 0.25) is 5.13 Å². The van der Waals surface area contributed by atoms with Crippen molar-refractivity contribution in [2.45, 2.75) is 31.8 Å². The first-order valence-electron chi connectivity index (χ1n) is 6.50. The molecular formula is C12H17N5O2S2. The predicted molar refractivity (Wildman–Crippen MR) is 81.7 cm³/mol. The van der Waals surface area contributed by atoms with Crippen LogP contribution >= 0.6 is 11.3 Å². The van der Waals surface area contributed by atoms with Gasteiger partial charge in [-0.05, 0) is 31.5 Å². The maximum Gasteiger partial charge on any atom is 0.281 e. The third kappa shape index (κ3) is 4.45. The van der Waals surface area contributed by atoms with Crippen molar-refractivity contribution < 1.29 is 8.42 Å². The van der Waals surface area contributed by atoms with Crippen LogP contribution in [0.25, 0.3) is 0 Å². The van der Waals surface area contributed by atoms with E-state index in [4.69, 9.17) is 0 Å². The Labute approximate surface area is 127 Å². The molecule has 0 spiro atoms. The van der Waals surface area contributed by atoms with Crippen LogP contribution in [-0.2, 0) is 16.6 Å². The number of aryl methyl sites for hydroxylation is 1. The topological polar surface area (TPSA) is 96.9 Å². The van der Waals surface area contributed by atoms with E-state index in [2.05, 4.69) is 32.1 Å². The first-order valence-corrected chi connectivity index (χ1v) is 8.80. The summed E-state index contributed by atoms with van der Waals surface area (Å²) < 4.78 is 26.6. The minimum Gasteiger partial charge on any atom is -0.313 e. The molecular weight excluding hydrogens is 310 g/mol.